The van der Waals surface area contributed by atoms with Crippen molar-refractivity contribution in [2.24, 2.45) is 0 Å². The van der Waals surface area contributed by atoms with Crippen LogP contribution in [-0.4, -0.2) is 12.6 Å². The first kappa shape index (κ1) is 16.9. The first-order valence-electron chi connectivity index (χ1n) is 7.25. The Labute approximate surface area is 112 Å². The van der Waals surface area contributed by atoms with Gasteiger partial charge in [-0.05, 0) is 12.8 Å². The van der Waals surface area contributed by atoms with Gasteiger partial charge in [-0.1, -0.05) is 70.6 Å². The van der Waals surface area contributed by atoms with E-state index in [2.05, 4.69) is 19.6 Å². The fraction of sp³-hybridized carbons (Fsp3) is 0.688. The van der Waals surface area contributed by atoms with Gasteiger partial charge in [-0.15, -0.1) is 0 Å². The molecule has 0 radical (unpaired) electrons. The van der Waals surface area contributed by atoms with Crippen molar-refractivity contribution in [2.75, 3.05) is 6.61 Å². The van der Waals surface area contributed by atoms with Crippen LogP contribution in [0.3, 0.4) is 0 Å². The maximum atomic E-state index is 10.7. The topological polar surface area (TPSA) is 26.3 Å². The van der Waals surface area contributed by atoms with Crippen molar-refractivity contribution < 1.29 is 9.53 Å². The van der Waals surface area contributed by atoms with Crippen molar-refractivity contribution >= 4 is 5.97 Å². The van der Waals surface area contributed by atoms with E-state index >= 15 is 0 Å². The minimum atomic E-state index is -0.355. The van der Waals surface area contributed by atoms with E-state index in [1.807, 2.05) is 6.08 Å². The summed E-state index contributed by atoms with van der Waals surface area (Å²) in [5.41, 5.74) is 0. The lowest BCUT2D eigenvalue weighted by Crippen LogP contribution is -1.98. The summed E-state index contributed by atoms with van der Waals surface area (Å²) in [4.78, 5) is 10.7. The highest BCUT2D eigenvalue weighted by Crippen LogP contribution is 2.09. The zero-order valence-corrected chi connectivity index (χ0v) is 11.8. The van der Waals surface area contributed by atoms with E-state index < -0.39 is 0 Å². The molecule has 2 heteroatoms. The average molecular weight is 252 g/mol. The van der Waals surface area contributed by atoms with Crippen molar-refractivity contribution in [3.05, 3.63) is 24.8 Å². The zero-order valence-electron chi connectivity index (χ0n) is 11.8. The van der Waals surface area contributed by atoms with Gasteiger partial charge in [-0.25, -0.2) is 4.79 Å². The van der Waals surface area contributed by atoms with Crippen LogP contribution in [0, 0.1) is 0 Å². The van der Waals surface area contributed by atoms with Crippen LogP contribution < -0.4 is 0 Å². The van der Waals surface area contributed by atoms with E-state index in [1.165, 1.54) is 57.4 Å². The first-order chi connectivity index (χ1) is 8.81. The summed E-state index contributed by atoms with van der Waals surface area (Å²) < 4.78 is 4.83. The summed E-state index contributed by atoms with van der Waals surface area (Å²) in [5.74, 6) is -0.355. The molecular formula is C16H28O2. The van der Waals surface area contributed by atoms with Crippen LogP contribution in [0.25, 0.3) is 0 Å². The molecule has 0 bridgehead atoms. The van der Waals surface area contributed by atoms with Gasteiger partial charge < -0.3 is 4.74 Å². The lowest BCUT2D eigenvalue weighted by atomic mass is 10.1. The third-order valence-corrected chi connectivity index (χ3v) is 2.88. The molecule has 0 aliphatic heterocycles. The van der Waals surface area contributed by atoms with Crippen molar-refractivity contribution in [1.82, 2.24) is 0 Å². The molecule has 0 aliphatic rings. The van der Waals surface area contributed by atoms with Crippen LogP contribution in [0.15, 0.2) is 24.8 Å². The third-order valence-electron chi connectivity index (χ3n) is 2.88. The fourth-order valence-corrected chi connectivity index (χ4v) is 1.77. The molecule has 0 amide bonds. The Balaban J connectivity index is 3.12. The molecule has 0 N–H and O–H groups in total. The summed E-state index contributed by atoms with van der Waals surface area (Å²) >= 11 is 0. The summed E-state index contributed by atoms with van der Waals surface area (Å²) in [5, 5.41) is 0. The molecule has 18 heavy (non-hydrogen) atoms. The minimum Gasteiger partial charge on any atom is -0.458 e. The normalized spacial score (nSPS) is 10.7. The second kappa shape index (κ2) is 14.0. The summed E-state index contributed by atoms with van der Waals surface area (Å²) in [6.45, 7) is 5.95. The smallest absolute Gasteiger partial charge is 0.330 e. The van der Waals surface area contributed by atoms with Gasteiger partial charge >= 0.3 is 5.97 Å². The largest absolute Gasteiger partial charge is 0.458 e. The highest BCUT2D eigenvalue weighted by molar-refractivity contribution is 5.81. The number of carbonyl (C=O) groups excluding carboxylic acids is 1. The molecule has 0 aliphatic carbocycles. The molecule has 0 rings (SSSR count). The van der Waals surface area contributed by atoms with Gasteiger partial charge in [0.25, 0.3) is 0 Å². The molecule has 0 spiro atoms. The molecule has 0 saturated heterocycles. The lowest BCUT2D eigenvalue weighted by molar-refractivity contribution is -0.136. The van der Waals surface area contributed by atoms with Gasteiger partial charge in [0, 0.05) is 6.08 Å². The number of esters is 1. The lowest BCUT2D eigenvalue weighted by Gasteiger charge is -2.00. The molecule has 0 saturated carbocycles. The fourth-order valence-electron chi connectivity index (χ4n) is 1.77. The highest BCUT2D eigenvalue weighted by Gasteiger charge is 1.91. The highest BCUT2D eigenvalue weighted by atomic mass is 16.5. The van der Waals surface area contributed by atoms with E-state index in [-0.39, 0.29) is 5.97 Å². The van der Waals surface area contributed by atoms with Crippen LogP contribution in [0.1, 0.15) is 64.7 Å². The Morgan fingerprint density at radius 2 is 1.61 bits per heavy atom. The van der Waals surface area contributed by atoms with Crippen LogP contribution >= 0.6 is 0 Å². The SMILES string of the molecule is C=CC(=O)OC/C=C/CCCCCCCCCC. The van der Waals surface area contributed by atoms with Gasteiger partial charge in [0.1, 0.15) is 6.61 Å². The van der Waals surface area contributed by atoms with E-state index in [1.54, 1.807) is 0 Å². The van der Waals surface area contributed by atoms with Gasteiger partial charge in [0.2, 0.25) is 0 Å². The number of allylic oxidation sites excluding steroid dienone is 1. The predicted molar refractivity (Wildman–Crippen MR) is 77.5 cm³/mol. The van der Waals surface area contributed by atoms with Crippen molar-refractivity contribution in [3.63, 3.8) is 0 Å². The standard InChI is InChI=1S/C16H28O2/c1-3-5-6-7-8-9-10-11-12-13-14-15-18-16(17)4-2/h4,13-14H,2-3,5-12,15H2,1H3/b14-13+. The Kier molecular flexibility index (Phi) is 13.2. The maximum Gasteiger partial charge on any atom is 0.330 e. The van der Waals surface area contributed by atoms with E-state index in [0.717, 1.165) is 6.42 Å². The number of ether oxygens (including phenoxy) is 1. The second-order valence-electron chi connectivity index (χ2n) is 4.57. The van der Waals surface area contributed by atoms with Gasteiger partial charge in [-0.3, -0.25) is 0 Å². The van der Waals surface area contributed by atoms with Crippen LogP contribution in [-0.2, 0) is 9.53 Å². The molecule has 0 atom stereocenters. The quantitative estimate of drug-likeness (QED) is 0.216. The zero-order chi connectivity index (χ0) is 13.5. The first-order valence-corrected chi connectivity index (χ1v) is 7.25. The maximum absolute atomic E-state index is 10.7. The van der Waals surface area contributed by atoms with Crippen LogP contribution in [0.5, 0.6) is 0 Å². The Morgan fingerprint density at radius 1 is 1.00 bits per heavy atom. The van der Waals surface area contributed by atoms with E-state index in [4.69, 9.17) is 4.74 Å². The third kappa shape index (κ3) is 13.0. The average Bonchev–Trinajstić information content (AvgIpc) is 2.39. The molecular weight excluding hydrogens is 224 g/mol. The number of hydrogen-bond donors (Lipinski definition) is 0. The van der Waals surface area contributed by atoms with E-state index in [0.29, 0.717) is 6.61 Å². The van der Waals surface area contributed by atoms with Gasteiger partial charge in [0.15, 0.2) is 0 Å². The number of carbonyl (C=O) groups is 1. The Bertz CT molecular complexity index is 231. The van der Waals surface area contributed by atoms with Crippen molar-refractivity contribution in [1.29, 1.82) is 0 Å². The molecule has 0 aromatic heterocycles. The molecule has 0 aromatic carbocycles. The summed E-state index contributed by atoms with van der Waals surface area (Å²) in [6.07, 6.45) is 17.0. The molecule has 0 heterocycles. The van der Waals surface area contributed by atoms with Crippen LogP contribution in [0.4, 0.5) is 0 Å². The Morgan fingerprint density at radius 3 is 2.22 bits per heavy atom. The number of unbranched alkanes of at least 4 members (excludes halogenated alkanes) is 8. The molecule has 0 unspecified atom stereocenters. The molecule has 2 nitrogen and oxygen atoms in total. The second-order valence-corrected chi connectivity index (χ2v) is 4.57. The monoisotopic (exact) mass is 252 g/mol. The molecule has 0 fully saturated rings. The number of rotatable bonds is 12. The Hall–Kier alpha value is -1.05. The number of hydrogen-bond acceptors (Lipinski definition) is 2. The summed E-state index contributed by atoms with van der Waals surface area (Å²) in [7, 11) is 0. The predicted octanol–water partition coefficient (Wildman–Crippen LogP) is 4.80. The molecule has 104 valence electrons. The minimum absolute atomic E-state index is 0.355. The van der Waals surface area contributed by atoms with Gasteiger partial charge in [0.05, 0.1) is 0 Å². The van der Waals surface area contributed by atoms with Crippen molar-refractivity contribution in [3.8, 4) is 0 Å². The van der Waals surface area contributed by atoms with Crippen molar-refractivity contribution in [2.45, 2.75) is 64.7 Å². The van der Waals surface area contributed by atoms with Gasteiger partial charge in [-0.2, -0.15) is 0 Å². The summed E-state index contributed by atoms with van der Waals surface area (Å²) in [6, 6.07) is 0. The van der Waals surface area contributed by atoms with Crippen LogP contribution in [0.2, 0.25) is 0 Å². The van der Waals surface area contributed by atoms with E-state index in [9.17, 15) is 4.79 Å². The molecule has 0 aromatic rings.